The number of halogens is 1. The quantitative estimate of drug-likeness (QED) is 0.853. The maximum atomic E-state index is 13.1. The number of urea groups is 1. The number of rotatable bonds is 5. The molecule has 1 aromatic heterocycles. The lowest BCUT2D eigenvalue weighted by atomic mass is 9.97. The van der Waals surface area contributed by atoms with Crippen LogP contribution in [0.15, 0.2) is 48.7 Å². The van der Waals surface area contributed by atoms with E-state index in [0.717, 1.165) is 4.90 Å². The van der Waals surface area contributed by atoms with E-state index in [-0.39, 0.29) is 13.2 Å². The van der Waals surface area contributed by atoms with Crippen LogP contribution in [0.3, 0.4) is 0 Å². The summed E-state index contributed by atoms with van der Waals surface area (Å²) in [4.78, 5) is 30.0. The Labute approximate surface area is 138 Å². The van der Waals surface area contributed by atoms with E-state index in [1.165, 1.54) is 18.2 Å². The SMILES string of the molecule is CC1(c2ccccn2)NC(=O)N(CCOc2cccc(F)c2)C1=O. The Balaban J connectivity index is 1.67. The van der Waals surface area contributed by atoms with Crippen molar-refractivity contribution in [1.82, 2.24) is 15.2 Å². The lowest BCUT2D eigenvalue weighted by Gasteiger charge is -2.20. The second-order valence-electron chi connectivity index (χ2n) is 5.53. The number of carbonyl (C=O) groups is 2. The zero-order valence-electron chi connectivity index (χ0n) is 13.0. The van der Waals surface area contributed by atoms with Gasteiger partial charge in [-0.3, -0.25) is 14.7 Å². The molecule has 1 unspecified atom stereocenters. The number of pyridine rings is 1. The molecule has 3 rings (SSSR count). The average molecular weight is 329 g/mol. The first-order chi connectivity index (χ1) is 11.5. The highest BCUT2D eigenvalue weighted by Crippen LogP contribution is 2.27. The summed E-state index contributed by atoms with van der Waals surface area (Å²) in [6.07, 6.45) is 1.57. The molecule has 1 fully saturated rings. The smallest absolute Gasteiger partial charge is 0.325 e. The number of hydrogen-bond donors (Lipinski definition) is 1. The number of carbonyl (C=O) groups excluding carboxylic acids is 2. The van der Waals surface area contributed by atoms with Gasteiger partial charge in [-0.1, -0.05) is 12.1 Å². The van der Waals surface area contributed by atoms with Crippen molar-refractivity contribution in [2.75, 3.05) is 13.2 Å². The van der Waals surface area contributed by atoms with Crippen LogP contribution in [-0.4, -0.2) is 35.0 Å². The fourth-order valence-electron chi connectivity index (χ4n) is 2.54. The molecule has 1 aliphatic heterocycles. The van der Waals surface area contributed by atoms with Gasteiger partial charge in [-0.05, 0) is 31.2 Å². The highest BCUT2D eigenvalue weighted by atomic mass is 19.1. The van der Waals surface area contributed by atoms with Crippen molar-refractivity contribution in [1.29, 1.82) is 0 Å². The van der Waals surface area contributed by atoms with Crippen molar-refractivity contribution in [3.05, 3.63) is 60.2 Å². The summed E-state index contributed by atoms with van der Waals surface area (Å²) in [5, 5.41) is 2.66. The van der Waals surface area contributed by atoms with Crippen molar-refractivity contribution in [3.63, 3.8) is 0 Å². The zero-order valence-corrected chi connectivity index (χ0v) is 13.0. The summed E-state index contributed by atoms with van der Waals surface area (Å²) in [5.74, 6) is -0.464. The number of hydrogen-bond acceptors (Lipinski definition) is 4. The first kappa shape index (κ1) is 15.9. The molecule has 1 saturated heterocycles. The third kappa shape index (κ3) is 2.92. The van der Waals surface area contributed by atoms with Crippen molar-refractivity contribution in [2.24, 2.45) is 0 Å². The summed E-state index contributed by atoms with van der Waals surface area (Å²) >= 11 is 0. The van der Waals surface area contributed by atoms with Gasteiger partial charge < -0.3 is 10.1 Å². The number of benzene rings is 1. The molecule has 0 radical (unpaired) electrons. The van der Waals surface area contributed by atoms with Crippen molar-refractivity contribution in [3.8, 4) is 5.75 Å². The van der Waals surface area contributed by atoms with Gasteiger partial charge >= 0.3 is 6.03 Å². The minimum atomic E-state index is -1.20. The Bertz CT molecular complexity index is 769. The molecule has 1 atom stereocenters. The fraction of sp³-hybridized carbons (Fsp3) is 0.235. The second kappa shape index (κ2) is 6.27. The van der Waals surface area contributed by atoms with Crippen LogP contribution in [0.2, 0.25) is 0 Å². The van der Waals surface area contributed by atoms with E-state index in [2.05, 4.69) is 10.3 Å². The first-order valence-corrected chi connectivity index (χ1v) is 7.45. The van der Waals surface area contributed by atoms with Crippen LogP contribution < -0.4 is 10.1 Å². The third-order valence-electron chi connectivity index (χ3n) is 3.83. The highest BCUT2D eigenvalue weighted by molar-refractivity contribution is 6.06. The Hall–Kier alpha value is -2.96. The molecular weight excluding hydrogens is 313 g/mol. The molecule has 2 aromatic rings. The number of nitrogens with zero attached hydrogens (tertiary/aromatic N) is 2. The molecule has 1 N–H and O–H groups in total. The minimum Gasteiger partial charge on any atom is -0.492 e. The molecule has 0 aliphatic carbocycles. The van der Waals surface area contributed by atoms with Crippen molar-refractivity contribution in [2.45, 2.75) is 12.5 Å². The predicted octanol–water partition coefficient (Wildman–Crippen LogP) is 2.07. The Morgan fingerprint density at radius 3 is 2.79 bits per heavy atom. The van der Waals surface area contributed by atoms with E-state index in [1.807, 2.05) is 0 Å². The monoisotopic (exact) mass is 329 g/mol. The average Bonchev–Trinajstić information content (AvgIpc) is 2.80. The summed E-state index contributed by atoms with van der Waals surface area (Å²) in [6, 6.07) is 10.3. The van der Waals surface area contributed by atoms with Gasteiger partial charge in [0.15, 0.2) is 5.54 Å². The maximum absolute atomic E-state index is 13.1. The number of aromatic nitrogens is 1. The van der Waals surface area contributed by atoms with Gasteiger partial charge in [0, 0.05) is 12.3 Å². The van der Waals surface area contributed by atoms with E-state index in [9.17, 15) is 14.0 Å². The third-order valence-corrected chi connectivity index (χ3v) is 3.83. The standard InChI is InChI=1S/C17H16FN3O3/c1-17(14-7-2-3-8-19-14)15(22)21(16(23)20-17)9-10-24-13-6-4-5-12(18)11-13/h2-8,11H,9-10H2,1H3,(H,20,23). The zero-order chi connectivity index (χ0) is 17.2. The first-order valence-electron chi connectivity index (χ1n) is 7.45. The molecule has 0 saturated carbocycles. The molecule has 0 bridgehead atoms. The second-order valence-corrected chi connectivity index (χ2v) is 5.53. The lowest BCUT2D eigenvalue weighted by molar-refractivity contribution is -0.131. The van der Waals surface area contributed by atoms with E-state index in [4.69, 9.17) is 4.74 Å². The summed E-state index contributed by atoms with van der Waals surface area (Å²) in [5.41, 5.74) is -0.728. The molecule has 2 heterocycles. The Morgan fingerprint density at radius 2 is 2.08 bits per heavy atom. The van der Waals surface area contributed by atoms with Crippen LogP contribution in [0.25, 0.3) is 0 Å². The number of ether oxygens (including phenoxy) is 1. The van der Waals surface area contributed by atoms with Crippen LogP contribution in [0.5, 0.6) is 5.75 Å². The molecule has 3 amide bonds. The molecular formula is C17H16FN3O3. The molecule has 1 aromatic carbocycles. The van der Waals surface area contributed by atoms with Gasteiger partial charge in [0.1, 0.15) is 18.2 Å². The van der Waals surface area contributed by atoms with E-state index < -0.39 is 23.3 Å². The maximum Gasteiger partial charge on any atom is 0.325 e. The van der Waals surface area contributed by atoms with Crippen LogP contribution in [0, 0.1) is 5.82 Å². The largest absolute Gasteiger partial charge is 0.492 e. The summed E-state index contributed by atoms with van der Waals surface area (Å²) in [6.45, 7) is 1.74. The lowest BCUT2D eigenvalue weighted by Crippen LogP contribution is -2.42. The van der Waals surface area contributed by atoms with Gasteiger partial charge in [0.2, 0.25) is 0 Å². The number of imide groups is 1. The number of amides is 3. The molecule has 124 valence electrons. The normalized spacial score (nSPS) is 20.2. The number of nitrogens with one attached hydrogen (secondary N) is 1. The Kier molecular flexibility index (Phi) is 4.16. The summed E-state index contributed by atoms with van der Waals surface area (Å²) in [7, 11) is 0. The summed E-state index contributed by atoms with van der Waals surface area (Å²) < 4.78 is 18.5. The van der Waals surface area contributed by atoms with Crippen molar-refractivity contribution >= 4 is 11.9 Å². The van der Waals surface area contributed by atoms with E-state index in [0.29, 0.717) is 11.4 Å². The van der Waals surface area contributed by atoms with Gasteiger partial charge in [-0.15, -0.1) is 0 Å². The predicted molar refractivity (Wildman–Crippen MR) is 83.7 cm³/mol. The van der Waals surface area contributed by atoms with Crippen LogP contribution in [0.1, 0.15) is 12.6 Å². The Morgan fingerprint density at radius 1 is 1.25 bits per heavy atom. The molecule has 7 heteroatoms. The molecule has 1 aliphatic rings. The van der Waals surface area contributed by atoms with Gasteiger partial charge in [0.05, 0.1) is 12.2 Å². The van der Waals surface area contributed by atoms with Gasteiger partial charge in [-0.2, -0.15) is 0 Å². The van der Waals surface area contributed by atoms with Crippen LogP contribution >= 0.6 is 0 Å². The van der Waals surface area contributed by atoms with Crippen molar-refractivity contribution < 1.29 is 18.7 Å². The highest BCUT2D eigenvalue weighted by Gasteiger charge is 2.49. The van der Waals surface area contributed by atoms with Gasteiger partial charge in [-0.25, -0.2) is 9.18 Å². The molecule has 24 heavy (non-hydrogen) atoms. The topological polar surface area (TPSA) is 71.5 Å². The van der Waals surface area contributed by atoms with Crippen LogP contribution in [0.4, 0.5) is 9.18 Å². The minimum absolute atomic E-state index is 0.0591. The van der Waals surface area contributed by atoms with Gasteiger partial charge in [0.25, 0.3) is 5.91 Å². The fourth-order valence-corrected chi connectivity index (χ4v) is 2.54. The van der Waals surface area contributed by atoms with E-state index >= 15 is 0 Å². The van der Waals surface area contributed by atoms with E-state index in [1.54, 1.807) is 37.4 Å². The molecule has 0 spiro atoms. The molecule has 6 nitrogen and oxygen atoms in total. The van der Waals surface area contributed by atoms with Crippen LogP contribution in [-0.2, 0) is 10.3 Å².